The molecule has 0 unspecified atom stereocenters. The Labute approximate surface area is 167 Å². The summed E-state index contributed by atoms with van der Waals surface area (Å²) < 4.78 is 5.97. The molecule has 4 aromatic rings. The lowest BCUT2D eigenvalue weighted by Crippen LogP contribution is -2.05. The molecule has 0 aliphatic heterocycles. The van der Waals surface area contributed by atoms with Gasteiger partial charge in [-0.3, -0.25) is 5.10 Å². The summed E-state index contributed by atoms with van der Waals surface area (Å²) in [4.78, 5) is 8.87. The fraction of sp³-hybridized carbons (Fsp3) is 0.190. The molecule has 2 heterocycles. The Balaban J connectivity index is 1.76. The number of halogens is 1. The number of fused-ring (bicyclic) bond motifs is 1. The molecular formula is C21H20ClN5O. The first kappa shape index (κ1) is 18.3. The zero-order valence-electron chi connectivity index (χ0n) is 15.6. The van der Waals surface area contributed by atoms with Gasteiger partial charge in [0.05, 0.1) is 23.5 Å². The van der Waals surface area contributed by atoms with Crippen LogP contribution >= 0.6 is 11.6 Å². The minimum Gasteiger partial charge on any atom is -0.493 e. The van der Waals surface area contributed by atoms with Gasteiger partial charge in [0.25, 0.3) is 0 Å². The summed E-state index contributed by atoms with van der Waals surface area (Å²) in [5.41, 5.74) is 10.1. The van der Waals surface area contributed by atoms with Crippen LogP contribution in [0.25, 0.3) is 33.4 Å². The van der Waals surface area contributed by atoms with Gasteiger partial charge in [0, 0.05) is 21.5 Å². The number of aromatic amines is 1. The summed E-state index contributed by atoms with van der Waals surface area (Å²) in [7, 11) is 0. The van der Waals surface area contributed by atoms with Crippen LogP contribution in [0.5, 0.6) is 5.75 Å². The molecule has 0 bridgehead atoms. The number of hydrogen-bond acceptors (Lipinski definition) is 5. The molecule has 4 rings (SSSR count). The van der Waals surface area contributed by atoms with Crippen molar-refractivity contribution < 1.29 is 4.74 Å². The van der Waals surface area contributed by atoms with Gasteiger partial charge in [-0.1, -0.05) is 31.5 Å². The minimum atomic E-state index is 0.414. The number of aromatic nitrogens is 4. The maximum atomic E-state index is 6.23. The van der Waals surface area contributed by atoms with Crippen LogP contribution in [0.1, 0.15) is 13.8 Å². The third kappa shape index (κ3) is 3.64. The van der Waals surface area contributed by atoms with Crippen molar-refractivity contribution in [2.75, 3.05) is 12.3 Å². The molecule has 0 spiro atoms. The average Bonchev–Trinajstić information content (AvgIpc) is 3.07. The Morgan fingerprint density at radius 3 is 2.71 bits per heavy atom. The number of nitrogen functional groups attached to an aromatic ring is 1. The summed E-state index contributed by atoms with van der Waals surface area (Å²) in [5, 5.41) is 8.43. The third-order valence-corrected chi connectivity index (χ3v) is 4.58. The predicted molar refractivity (Wildman–Crippen MR) is 112 cm³/mol. The highest BCUT2D eigenvalue weighted by atomic mass is 35.5. The topological polar surface area (TPSA) is 89.7 Å². The summed E-state index contributed by atoms with van der Waals surface area (Å²) >= 11 is 6.23. The van der Waals surface area contributed by atoms with E-state index < -0.39 is 0 Å². The summed E-state index contributed by atoms with van der Waals surface area (Å²) in [5.74, 6) is 1.62. The number of rotatable bonds is 5. The first-order chi connectivity index (χ1) is 13.5. The van der Waals surface area contributed by atoms with Gasteiger partial charge in [0.2, 0.25) is 0 Å². The van der Waals surface area contributed by atoms with E-state index in [9.17, 15) is 0 Å². The van der Waals surface area contributed by atoms with Gasteiger partial charge in [0.1, 0.15) is 12.1 Å². The molecular weight excluding hydrogens is 374 g/mol. The quantitative estimate of drug-likeness (QED) is 0.500. The van der Waals surface area contributed by atoms with Crippen molar-refractivity contribution in [1.82, 2.24) is 20.2 Å². The fourth-order valence-electron chi connectivity index (χ4n) is 2.94. The Hall–Kier alpha value is -3.12. The molecule has 0 saturated heterocycles. The second kappa shape index (κ2) is 7.48. The van der Waals surface area contributed by atoms with E-state index in [1.54, 1.807) is 6.33 Å². The first-order valence-electron chi connectivity index (χ1n) is 9.00. The molecule has 0 saturated carbocycles. The average molecular weight is 394 g/mol. The van der Waals surface area contributed by atoms with Crippen LogP contribution in [0.4, 0.5) is 5.82 Å². The van der Waals surface area contributed by atoms with Crippen LogP contribution < -0.4 is 10.5 Å². The fourth-order valence-corrected chi connectivity index (χ4v) is 3.11. The molecule has 28 heavy (non-hydrogen) atoms. The lowest BCUT2D eigenvalue weighted by atomic mass is 10.1. The van der Waals surface area contributed by atoms with E-state index in [4.69, 9.17) is 22.1 Å². The molecule has 142 valence electrons. The molecule has 0 fully saturated rings. The molecule has 0 radical (unpaired) electrons. The largest absolute Gasteiger partial charge is 0.493 e. The Morgan fingerprint density at radius 2 is 1.89 bits per heavy atom. The van der Waals surface area contributed by atoms with E-state index >= 15 is 0 Å². The van der Waals surface area contributed by atoms with Crippen molar-refractivity contribution in [3.8, 4) is 28.3 Å². The van der Waals surface area contributed by atoms with Gasteiger partial charge in [-0.2, -0.15) is 5.10 Å². The summed E-state index contributed by atoms with van der Waals surface area (Å²) in [6.07, 6.45) is 1.54. The van der Waals surface area contributed by atoms with E-state index in [1.807, 2.05) is 42.5 Å². The molecule has 7 heteroatoms. The smallest absolute Gasteiger partial charge is 0.153 e. The number of anilines is 1. The number of nitrogens with zero attached hydrogens (tertiary/aromatic N) is 3. The lowest BCUT2D eigenvalue weighted by molar-refractivity contribution is 0.272. The lowest BCUT2D eigenvalue weighted by Gasteiger charge is -2.13. The van der Waals surface area contributed by atoms with Crippen LogP contribution in [-0.4, -0.2) is 26.8 Å². The molecule has 0 aliphatic rings. The molecule has 2 aromatic heterocycles. The Bertz CT molecular complexity index is 1140. The van der Waals surface area contributed by atoms with E-state index in [1.165, 1.54) is 0 Å². The highest BCUT2D eigenvalue weighted by Crippen LogP contribution is 2.34. The number of hydrogen-bond donors (Lipinski definition) is 2. The van der Waals surface area contributed by atoms with Crippen LogP contribution in [-0.2, 0) is 0 Å². The monoisotopic (exact) mass is 393 g/mol. The van der Waals surface area contributed by atoms with Crippen LogP contribution in [0, 0.1) is 5.92 Å². The molecule has 0 amide bonds. The van der Waals surface area contributed by atoms with Crippen LogP contribution in [0.2, 0.25) is 5.02 Å². The zero-order valence-corrected chi connectivity index (χ0v) is 16.4. The Kier molecular flexibility index (Phi) is 4.88. The van der Waals surface area contributed by atoms with E-state index in [0.29, 0.717) is 23.4 Å². The van der Waals surface area contributed by atoms with Crippen LogP contribution in [0.15, 0.2) is 48.8 Å². The van der Waals surface area contributed by atoms with E-state index in [0.717, 1.165) is 39.2 Å². The van der Waals surface area contributed by atoms with Gasteiger partial charge in [-0.15, -0.1) is 0 Å². The maximum absolute atomic E-state index is 6.23. The summed E-state index contributed by atoms with van der Waals surface area (Å²) in [6.45, 7) is 4.83. The summed E-state index contributed by atoms with van der Waals surface area (Å²) in [6, 6.07) is 13.4. The van der Waals surface area contributed by atoms with Crippen molar-refractivity contribution in [3.63, 3.8) is 0 Å². The molecule has 2 aromatic carbocycles. The van der Waals surface area contributed by atoms with Gasteiger partial charge in [-0.25, -0.2) is 9.97 Å². The zero-order chi connectivity index (χ0) is 19.7. The van der Waals surface area contributed by atoms with Crippen molar-refractivity contribution >= 4 is 28.3 Å². The van der Waals surface area contributed by atoms with Gasteiger partial charge >= 0.3 is 0 Å². The number of H-pyrrole nitrogens is 1. The minimum absolute atomic E-state index is 0.414. The second-order valence-corrected chi connectivity index (χ2v) is 7.44. The third-order valence-electron chi connectivity index (χ3n) is 4.34. The van der Waals surface area contributed by atoms with E-state index in [-0.39, 0.29) is 0 Å². The normalized spacial score (nSPS) is 11.3. The van der Waals surface area contributed by atoms with Crippen molar-refractivity contribution in [1.29, 1.82) is 0 Å². The number of ether oxygens (including phenoxy) is 1. The van der Waals surface area contributed by atoms with Crippen LogP contribution in [0.3, 0.4) is 0 Å². The van der Waals surface area contributed by atoms with Crippen molar-refractivity contribution in [2.45, 2.75) is 13.8 Å². The second-order valence-electron chi connectivity index (χ2n) is 7.00. The predicted octanol–water partition coefficient (Wildman–Crippen LogP) is 4.96. The van der Waals surface area contributed by atoms with E-state index in [2.05, 4.69) is 34.0 Å². The van der Waals surface area contributed by atoms with Crippen molar-refractivity contribution in [3.05, 3.63) is 53.8 Å². The van der Waals surface area contributed by atoms with Gasteiger partial charge < -0.3 is 10.5 Å². The highest BCUT2D eigenvalue weighted by molar-refractivity contribution is 6.31. The molecule has 0 aliphatic carbocycles. The maximum Gasteiger partial charge on any atom is 0.153 e. The van der Waals surface area contributed by atoms with Gasteiger partial charge in [-0.05, 0) is 42.3 Å². The van der Waals surface area contributed by atoms with Gasteiger partial charge in [0.15, 0.2) is 5.82 Å². The molecule has 0 atom stereocenters. The molecule has 6 nitrogen and oxygen atoms in total. The Morgan fingerprint density at radius 1 is 1.07 bits per heavy atom. The number of nitrogens with two attached hydrogens (primary N) is 1. The standard InChI is InChI=1S/C21H20ClN5O/c1-12(2)10-28-20-6-4-14(22)8-15(20)19-9-18(24-11-25-19)13-3-5-17-16(7-13)21(23)27-26-17/h3-9,11-12H,10H2,1-2H3,(H3,23,26,27). The SMILES string of the molecule is CC(C)COc1ccc(Cl)cc1-c1cc(-c2ccc3[nH]nc(N)c3c2)ncn1. The van der Waals surface area contributed by atoms with Crippen molar-refractivity contribution in [2.24, 2.45) is 5.92 Å². The highest BCUT2D eigenvalue weighted by Gasteiger charge is 2.12. The number of benzene rings is 2. The molecule has 3 N–H and O–H groups in total. The first-order valence-corrected chi connectivity index (χ1v) is 9.38. The number of nitrogens with one attached hydrogen (secondary N) is 1.